The van der Waals surface area contributed by atoms with Crippen LogP contribution in [0, 0.1) is 0 Å². The molecule has 1 unspecified atom stereocenters. The van der Waals surface area contributed by atoms with Gasteiger partial charge in [-0.1, -0.05) is 24.3 Å². The number of primary amides is 1. The van der Waals surface area contributed by atoms with Crippen molar-refractivity contribution in [3.05, 3.63) is 35.4 Å². The second kappa shape index (κ2) is 8.46. The number of carbonyl (C=O) groups excluding carboxylic acids is 2. The summed E-state index contributed by atoms with van der Waals surface area (Å²) in [5, 5.41) is 3.24. The smallest absolute Gasteiger partial charge is 0.235 e. The normalized spacial score (nSPS) is 20.8. The average Bonchev–Trinajstić information content (AvgIpc) is 2.59. The van der Waals surface area contributed by atoms with E-state index in [1.54, 1.807) is 0 Å². The van der Waals surface area contributed by atoms with E-state index in [0.29, 0.717) is 25.9 Å². The van der Waals surface area contributed by atoms with Crippen molar-refractivity contribution in [2.75, 3.05) is 32.7 Å². The van der Waals surface area contributed by atoms with E-state index in [0.717, 1.165) is 26.2 Å². The van der Waals surface area contributed by atoms with Crippen LogP contribution in [-0.4, -0.2) is 60.4 Å². The van der Waals surface area contributed by atoms with Crippen LogP contribution in [0.25, 0.3) is 0 Å². The van der Waals surface area contributed by atoms with Crippen LogP contribution in [0.5, 0.6) is 0 Å². The highest BCUT2D eigenvalue weighted by atomic mass is 35.5. The molecule has 132 valence electrons. The van der Waals surface area contributed by atoms with E-state index < -0.39 is 0 Å². The quantitative estimate of drug-likeness (QED) is 0.808. The Labute approximate surface area is 148 Å². The third-order valence-electron chi connectivity index (χ3n) is 4.76. The van der Waals surface area contributed by atoms with Gasteiger partial charge in [0.1, 0.15) is 0 Å². The molecule has 24 heavy (non-hydrogen) atoms. The van der Waals surface area contributed by atoms with Crippen LogP contribution in [0.4, 0.5) is 0 Å². The molecule has 1 fully saturated rings. The first-order valence-corrected chi connectivity index (χ1v) is 8.24. The first-order valence-electron chi connectivity index (χ1n) is 8.24. The summed E-state index contributed by atoms with van der Waals surface area (Å²) >= 11 is 0. The van der Waals surface area contributed by atoms with E-state index >= 15 is 0 Å². The molecule has 2 aliphatic heterocycles. The summed E-state index contributed by atoms with van der Waals surface area (Å²) in [5.74, 6) is -0.150. The molecule has 0 spiro atoms. The molecule has 0 aromatic heterocycles. The van der Waals surface area contributed by atoms with Crippen LogP contribution in [0.2, 0.25) is 0 Å². The highest BCUT2D eigenvalue weighted by Crippen LogP contribution is 2.23. The minimum absolute atomic E-state index is 0. The summed E-state index contributed by atoms with van der Waals surface area (Å²) in [6, 6.07) is 7.81. The van der Waals surface area contributed by atoms with Crippen molar-refractivity contribution in [2.24, 2.45) is 5.73 Å². The Kier molecular flexibility index (Phi) is 6.60. The summed E-state index contributed by atoms with van der Waals surface area (Å²) < 4.78 is 0. The maximum atomic E-state index is 12.3. The van der Waals surface area contributed by atoms with Gasteiger partial charge in [-0.05, 0) is 17.5 Å². The predicted octanol–water partition coefficient (Wildman–Crippen LogP) is 0.142. The van der Waals surface area contributed by atoms with E-state index in [2.05, 4.69) is 17.4 Å². The van der Waals surface area contributed by atoms with Crippen LogP contribution in [0.3, 0.4) is 0 Å². The van der Waals surface area contributed by atoms with Crippen LogP contribution in [0.1, 0.15) is 17.5 Å². The fraction of sp³-hybridized carbons (Fsp3) is 0.529. The van der Waals surface area contributed by atoms with Gasteiger partial charge in [-0.3, -0.25) is 14.5 Å². The molecule has 2 aliphatic rings. The summed E-state index contributed by atoms with van der Waals surface area (Å²) in [6.45, 7) is 4.49. The number of rotatable bonds is 4. The Bertz CT molecular complexity index is 590. The number of halogens is 1. The first-order chi connectivity index (χ1) is 11.1. The zero-order chi connectivity index (χ0) is 16.2. The monoisotopic (exact) mass is 352 g/mol. The van der Waals surface area contributed by atoms with Crippen LogP contribution in [-0.2, 0) is 22.6 Å². The average molecular weight is 353 g/mol. The second-order valence-corrected chi connectivity index (χ2v) is 6.24. The minimum Gasteiger partial charge on any atom is -0.368 e. The molecule has 0 bridgehead atoms. The van der Waals surface area contributed by atoms with Gasteiger partial charge in [0.05, 0.1) is 6.04 Å². The number of hydrogen-bond donors (Lipinski definition) is 2. The van der Waals surface area contributed by atoms with E-state index in [9.17, 15) is 9.59 Å². The molecule has 1 aromatic rings. The number of amides is 2. The lowest BCUT2D eigenvalue weighted by Crippen LogP contribution is -2.50. The summed E-state index contributed by atoms with van der Waals surface area (Å²) in [5.41, 5.74) is 7.98. The van der Waals surface area contributed by atoms with Gasteiger partial charge in [0, 0.05) is 45.7 Å². The van der Waals surface area contributed by atoms with Gasteiger partial charge >= 0.3 is 0 Å². The van der Waals surface area contributed by atoms with Crippen molar-refractivity contribution < 1.29 is 9.59 Å². The number of piperazine rings is 1. The Morgan fingerprint density at radius 2 is 1.83 bits per heavy atom. The van der Waals surface area contributed by atoms with Crippen LogP contribution in [0.15, 0.2) is 24.3 Å². The Morgan fingerprint density at radius 3 is 2.50 bits per heavy atom. The van der Waals surface area contributed by atoms with E-state index in [4.69, 9.17) is 5.73 Å². The van der Waals surface area contributed by atoms with Crippen LogP contribution >= 0.6 is 12.4 Å². The molecule has 0 radical (unpaired) electrons. The molecular formula is C17H25ClN4O2. The van der Waals surface area contributed by atoms with Crippen molar-refractivity contribution in [1.82, 2.24) is 15.1 Å². The van der Waals surface area contributed by atoms with Crippen molar-refractivity contribution >= 4 is 24.2 Å². The largest absolute Gasteiger partial charge is 0.368 e. The van der Waals surface area contributed by atoms with E-state index in [-0.39, 0.29) is 30.3 Å². The number of nitrogens with zero attached hydrogens (tertiary/aromatic N) is 2. The molecule has 1 aromatic carbocycles. The standard InChI is InChI=1S/C17H24N4O2.ClH/c18-17(23)15-11-13-3-1-2-4-14(13)12-21(15)8-5-16(22)20-9-6-19-7-10-20;/h1-4,15,19H,5-12H2,(H2,18,23);1H. The molecule has 2 amide bonds. The fourth-order valence-corrected chi connectivity index (χ4v) is 3.40. The summed E-state index contributed by atoms with van der Waals surface area (Å²) in [6.07, 6.45) is 1.07. The minimum atomic E-state index is -0.319. The highest BCUT2D eigenvalue weighted by Gasteiger charge is 2.30. The van der Waals surface area contributed by atoms with Gasteiger partial charge < -0.3 is 16.0 Å². The number of fused-ring (bicyclic) bond motifs is 1. The molecule has 1 saturated heterocycles. The molecule has 3 N–H and O–H groups in total. The van der Waals surface area contributed by atoms with Crippen molar-refractivity contribution in [3.63, 3.8) is 0 Å². The Balaban J connectivity index is 0.00000208. The van der Waals surface area contributed by atoms with Gasteiger partial charge in [-0.15, -0.1) is 12.4 Å². The molecule has 3 rings (SSSR count). The molecule has 7 heteroatoms. The molecular weight excluding hydrogens is 328 g/mol. The second-order valence-electron chi connectivity index (χ2n) is 6.24. The van der Waals surface area contributed by atoms with Gasteiger partial charge in [-0.2, -0.15) is 0 Å². The van der Waals surface area contributed by atoms with Gasteiger partial charge in [0.15, 0.2) is 0 Å². The summed E-state index contributed by atoms with van der Waals surface area (Å²) in [4.78, 5) is 28.1. The third-order valence-corrected chi connectivity index (χ3v) is 4.76. The number of nitrogens with two attached hydrogens (primary N) is 1. The SMILES string of the molecule is Cl.NC(=O)C1Cc2ccccc2CN1CCC(=O)N1CCNCC1. The number of nitrogens with one attached hydrogen (secondary N) is 1. The molecule has 6 nitrogen and oxygen atoms in total. The predicted molar refractivity (Wildman–Crippen MR) is 94.9 cm³/mol. The number of hydrogen-bond acceptors (Lipinski definition) is 4. The highest BCUT2D eigenvalue weighted by molar-refractivity contribution is 5.85. The van der Waals surface area contributed by atoms with Crippen LogP contribution < -0.4 is 11.1 Å². The molecule has 0 aliphatic carbocycles. The molecule has 2 heterocycles. The van der Waals surface area contributed by atoms with E-state index in [1.807, 2.05) is 21.9 Å². The number of carbonyl (C=O) groups is 2. The molecule has 0 saturated carbocycles. The molecule has 1 atom stereocenters. The Hall–Kier alpha value is -1.63. The van der Waals surface area contributed by atoms with Crippen molar-refractivity contribution in [3.8, 4) is 0 Å². The fourth-order valence-electron chi connectivity index (χ4n) is 3.40. The Morgan fingerprint density at radius 1 is 1.17 bits per heavy atom. The lowest BCUT2D eigenvalue weighted by Gasteiger charge is -2.35. The third kappa shape index (κ3) is 4.26. The number of benzene rings is 1. The maximum Gasteiger partial charge on any atom is 0.235 e. The van der Waals surface area contributed by atoms with E-state index in [1.165, 1.54) is 11.1 Å². The van der Waals surface area contributed by atoms with Gasteiger partial charge in [-0.25, -0.2) is 0 Å². The van der Waals surface area contributed by atoms with Gasteiger partial charge in [0.25, 0.3) is 0 Å². The topological polar surface area (TPSA) is 78.7 Å². The summed E-state index contributed by atoms with van der Waals surface area (Å²) in [7, 11) is 0. The lowest BCUT2D eigenvalue weighted by atomic mass is 9.93. The van der Waals surface area contributed by atoms with Crippen molar-refractivity contribution in [2.45, 2.75) is 25.4 Å². The zero-order valence-corrected chi connectivity index (χ0v) is 14.6. The zero-order valence-electron chi connectivity index (χ0n) is 13.7. The first kappa shape index (κ1) is 18.7. The maximum absolute atomic E-state index is 12.3. The lowest BCUT2D eigenvalue weighted by molar-refractivity contribution is -0.133. The van der Waals surface area contributed by atoms with Gasteiger partial charge in [0.2, 0.25) is 11.8 Å². The van der Waals surface area contributed by atoms with Crippen molar-refractivity contribution in [1.29, 1.82) is 0 Å².